The lowest BCUT2D eigenvalue weighted by Crippen LogP contribution is -2.56. The Bertz CT molecular complexity index is 623. The highest BCUT2D eigenvalue weighted by molar-refractivity contribution is 6.05. The fourth-order valence-electron chi connectivity index (χ4n) is 2.91. The molecule has 2 N–H and O–H groups in total. The van der Waals surface area contributed by atoms with Gasteiger partial charge in [0.05, 0.1) is 6.42 Å². The number of carbonyl (C=O) groups is 2. The van der Waals surface area contributed by atoms with Gasteiger partial charge in [-0.15, -0.1) is 0 Å². The maximum atomic E-state index is 12.4. The number of nitrogens with zero attached hydrogens (tertiary/aromatic N) is 3. The SMILES string of the molecule is CCN1CCN(C2=NC(C(=O)Nc3ccccc3)CC(=O)N2)CC1. The molecule has 1 aromatic carbocycles. The second kappa shape index (κ2) is 7.44. The molecule has 128 valence electrons. The van der Waals surface area contributed by atoms with Gasteiger partial charge >= 0.3 is 0 Å². The van der Waals surface area contributed by atoms with Crippen LogP contribution in [0.5, 0.6) is 0 Å². The highest BCUT2D eigenvalue weighted by atomic mass is 16.2. The number of para-hydroxylation sites is 1. The zero-order valence-corrected chi connectivity index (χ0v) is 13.9. The Morgan fingerprint density at radius 2 is 1.96 bits per heavy atom. The Kier molecular flexibility index (Phi) is 5.10. The molecule has 0 aromatic heterocycles. The first-order valence-corrected chi connectivity index (χ1v) is 8.36. The first-order chi connectivity index (χ1) is 11.7. The first kappa shape index (κ1) is 16.4. The number of benzene rings is 1. The van der Waals surface area contributed by atoms with Crippen LogP contribution in [-0.2, 0) is 9.59 Å². The number of hydrogen-bond donors (Lipinski definition) is 2. The summed E-state index contributed by atoms with van der Waals surface area (Å²) in [4.78, 5) is 33.3. The summed E-state index contributed by atoms with van der Waals surface area (Å²) in [6.07, 6.45) is 0.0804. The van der Waals surface area contributed by atoms with Gasteiger partial charge in [-0.2, -0.15) is 0 Å². The molecule has 7 nitrogen and oxygen atoms in total. The van der Waals surface area contributed by atoms with Gasteiger partial charge in [0.1, 0.15) is 6.04 Å². The molecule has 2 heterocycles. The van der Waals surface area contributed by atoms with Gasteiger partial charge in [-0.3, -0.25) is 14.9 Å². The fourth-order valence-corrected chi connectivity index (χ4v) is 2.91. The summed E-state index contributed by atoms with van der Waals surface area (Å²) in [5, 5.41) is 5.63. The summed E-state index contributed by atoms with van der Waals surface area (Å²) in [5.74, 6) is 0.113. The second-order valence-corrected chi connectivity index (χ2v) is 6.00. The molecule has 2 aliphatic rings. The molecule has 24 heavy (non-hydrogen) atoms. The molecular weight excluding hydrogens is 306 g/mol. The monoisotopic (exact) mass is 329 g/mol. The van der Waals surface area contributed by atoms with Crippen LogP contribution < -0.4 is 10.6 Å². The van der Waals surface area contributed by atoms with Crippen molar-refractivity contribution in [2.75, 3.05) is 38.0 Å². The van der Waals surface area contributed by atoms with Crippen LogP contribution in [0.1, 0.15) is 13.3 Å². The average molecular weight is 329 g/mol. The van der Waals surface area contributed by atoms with Crippen molar-refractivity contribution in [1.82, 2.24) is 15.1 Å². The molecule has 1 aromatic rings. The number of likely N-dealkylation sites (N-methyl/N-ethyl adjacent to an activating group) is 1. The van der Waals surface area contributed by atoms with Crippen molar-refractivity contribution < 1.29 is 9.59 Å². The van der Waals surface area contributed by atoms with Crippen LogP contribution in [0.3, 0.4) is 0 Å². The number of anilines is 1. The number of nitrogens with one attached hydrogen (secondary N) is 2. The van der Waals surface area contributed by atoms with Gasteiger partial charge in [-0.1, -0.05) is 25.1 Å². The molecule has 1 saturated heterocycles. The van der Waals surface area contributed by atoms with Crippen molar-refractivity contribution in [3.63, 3.8) is 0 Å². The molecule has 2 amide bonds. The van der Waals surface area contributed by atoms with E-state index in [-0.39, 0.29) is 18.2 Å². The van der Waals surface area contributed by atoms with Crippen molar-refractivity contribution in [3.05, 3.63) is 30.3 Å². The Labute approximate surface area is 141 Å². The van der Waals surface area contributed by atoms with E-state index in [1.807, 2.05) is 35.2 Å². The van der Waals surface area contributed by atoms with E-state index in [2.05, 4.69) is 27.4 Å². The van der Waals surface area contributed by atoms with Crippen LogP contribution >= 0.6 is 0 Å². The van der Waals surface area contributed by atoms with Gasteiger partial charge in [0.2, 0.25) is 17.8 Å². The van der Waals surface area contributed by atoms with Crippen LogP contribution in [0, 0.1) is 0 Å². The van der Waals surface area contributed by atoms with Crippen molar-refractivity contribution >= 4 is 23.5 Å². The largest absolute Gasteiger partial charge is 0.340 e. The van der Waals surface area contributed by atoms with Crippen molar-refractivity contribution in [2.45, 2.75) is 19.4 Å². The average Bonchev–Trinajstić information content (AvgIpc) is 2.62. The van der Waals surface area contributed by atoms with E-state index < -0.39 is 6.04 Å². The first-order valence-electron chi connectivity index (χ1n) is 8.36. The van der Waals surface area contributed by atoms with Crippen molar-refractivity contribution in [2.24, 2.45) is 4.99 Å². The molecular formula is C17H23N5O2. The van der Waals surface area contributed by atoms with Crippen LogP contribution in [-0.4, -0.2) is 66.3 Å². The number of guanidine groups is 1. The Hall–Kier alpha value is -2.41. The van der Waals surface area contributed by atoms with E-state index in [0.29, 0.717) is 11.6 Å². The third kappa shape index (κ3) is 3.91. The molecule has 0 spiro atoms. The molecule has 2 aliphatic heterocycles. The van der Waals surface area contributed by atoms with Gasteiger partial charge in [0.15, 0.2) is 0 Å². The predicted molar refractivity (Wildman–Crippen MR) is 92.7 cm³/mol. The molecule has 1 unspecified atom stereocenters. The number of carbonyl (C=O) groups excluding carboxylic acids is 2. The molecule has 7 heteroatoms. The maximum absolute atomic E-state index is 12.4. The minimum atomic E-state index is -0.682. The second-order valence-electron chi connectivity index (χ2n) is 6.00. The van der Waals surface area contributed by atoms with Crippen LogP contribution in [0.25, 0.3) is 0 Å². The zero-order chi connectivity index (χ0) is 16.9. The summed E-state index contributed by atoms with van der Waals surface area (Å²) in [6.45, 7) is 6.65. The smallest absolute Gasteiger partial charge is 0.249 e. The van der Waals surface area contributed by atoms with E-state index >= 15 is 0 Å². The molecule has 0 saturated carbocycles. The van der Waals surface area contributed by atoms with E-state index in [0.717, 1.165) is 32.7 Å². The minimum absolute atomic E-state index is 0.0804. The van der Waals surface area contributed by atoms with Gasteiger partial charge in [0, 0.05) is 31.9 Å². The maximum Gasteiger partial charge on any atom is 0.249 e. The van der Waals surface area contributed by atoms with Crippen LogP contribution in [0.4, 0.5) is 5.69 Å². The molecule has 0 radical (unpaired) electrons. The van der Waals surface area contributed by atoms with E-state index in [4.69, 9.17) is 0 Å². The summed E-state index contributed by atoms with van der Waals surface area (Å²) in [7, 11) is 0. The fraction of sp³-hybridized carbons (Fsp3) is 0.471. The highest BCUT2D eigenvalue weighted by Gasteiger charge is 2.30. The third-order valence-electron chi connectivity index (χ3n) is 4.37. The van der Waals surface area contributed by atoms with Gasteiger partial charge in [-0.05, 0) is 18.7 Å². The van der Waals surface area contributed by atoms with Crippen molar-refractivity contribution in [3.8, 4) is 0 Å². The lowest BCUT2D eigenvalue weighted by atomic mass is 10.1. The van der Waals surface area contributed by atoms with E-state index in [1.165, 1.54) is 0 Å². The number of hydrogen-bond acceptors (Lipinski definition) is 5. The molecule has 1 atom stereocenters. The van der Waals surface area contributed by atoms with Crippen LogP contribution in [0.15, 0.2) is 35.3 Å². The van der Waals surface area contributed by atoms with E-state index in [9.17, 15) is 9.59 Å². The van der Waals surface area contributed by atoms with Gasteiger partial charge in [-0.25, -0.2) is 4.99 Å². The number of amides is 2. The Morgan fingerprint density at radius 3 is 2.62 bits per heavy atom. The molecule has 1 fully saturated rings. The third-order valence-corrected chi connectivity index (χ3v) is 4.37. The van der Waals surface area contributed by atoms with Gasteiger partial charge < -0.3 is 15.1 Å². The number of aliphatic imine (C=N–C) groups is 1. The van der Waals surface area contributed by atoms with E-state index in [1.54, 1.807) is 0 Å². The van der Waals surface area contributed by atoms with Crippen molar-refractivity contribution in [1.29, 1.82) is 0 Å². The molecule has 0 aliphatic carbocycles. The quantitative estimate of drug-likeness (QED) is 0.847. The lowest BCUT2D eigenvalue weighted by molar-refractivity contribution is -0.125. The lowest BCUT2D eigenvalue weighted by Gasteiger charge is -2.37. The minimum Gasteiger partial charge on any atom is -0.340 e. The van der Waals surface area contributed by atoms with Crippen LogP contribution in [0.2, 0.25) is 0 Å². The van der Waals surface area contributed by atoms with Gasteiger partial charge in [0.25, 0.3) is 0 Å². The summed E-state index contributed by atoms with van der Waals surface area (Å²) in [5.41, 5.74) is 0.710. The standard InChI is InChI=1S/C17H23N5O2/c1-2-21-8-10-22(11-9-21)17-19-14(12-15(23)20-17)16(24)18-13-6-4-3-5-7-13/h3-7,14H,2,8-12H2,1H3,(H,18,24)(H,19,20,23). The normalized spacial score (nSPS) is 21.9. The number of rotatable bonds is 3. The summed E-state index contributed by atoms with van der Waals surface area (Å²) < 4.78 is 0. The topological polar surface area (TPSA) is 77.0 Å². The molecule has 3 rings (SSSR count). The highest BCUT2D eigenvalue weighted by Crippen LogP contribution is 2.12. The Balaban J connectivity index is 1.67. The summed E-state index contributed by atoms with van der Waals surface area (Å²) in [6, 6.07) is 8.54. The summed E-state index contributed by atoms with van der Waals surface area (Å²) >= 11 is 0. The Morgan fingerprint density at radius 1 is 1.25 bits per heavy atom. The number of piperazine rings is 1. The zero-order valence-electron chi connectivity index (χ0n) is 13.9. The predicted octanol–water partition coefficient (Wildman–Crippen LogP) is 0.507. The molecule has 0 bridgehead atoms.